The van der Waals surface area contributed by atoms with Crippen molar-refractivity contribution in [2.24, 2.45) is 0 Å². The summed E-state index contributed by atoms with van der Waals surface area (Å²) in [7, 11) is 4.02. The van der Waals surface area contributed by atoms with Crippen molar-refractivity contribution >= 4 is 44.5 Å². The lowest BCUT2D eigenvalue weighted by Gasteiger charge is -2.15. The van der Waals surface area contributed by atoms with Gasteiger partial charge in [-0.3, -0.25) is 5.32 Å². The number of carbonyl (C=O) groups excluding carboxylic acids is 1. The third-order valence-corrected chi connectivity index (χ3v) is 5.48. The van der Waals surface area contributed by atoms with Crippen molar-refractivity contribution in [1.29, 1.82) is 0 Å². The molecule has 0 saturated carbocycles. The largest absolute Gasteiger partial charge is 0.378 e. The number of fused-ring (bicyclic) bond motifs is 1. The number of hydrogen-bond acceptors (Lipinski definition) is 5. The van der Waals surface area contributed by atoms with Crippen LogP contribution in [0.15, 0.2) is 65.4 Å². The third-order valence-electron chi connectivity index (χ3n) is 4.99. The maximum Gasteiger partial charge on any atom is 0.320 e. The van der Waals surface area contributed by atoms with Gasteiger partial charge in [0.1, 0.15) is 12.1 Å². The van der Waals surface area contributed by atoms with Gasteiger partial charge in [-0.2, -0.15) is 0 Å². The zero-order chi connectivity index (χ0) is 22.7. The molecule has 7 nitrogen and oxygen atoms in total. The van der Waals surface area contributed by atoms with Crippen molar-refractivity contribution in [1.82, 2.24) is 20.3 Å². The van der Waals surface area contributed by atoms with Crippen molar-refractivity contribution in [2.45, 2.75) is 6.92 Å². The van der Waals surface area contributed by atoms with Crippen LogP contribution in [0.5, 0.6) is 0 Å². The number of benzene rings is 2. The van der Waals surface area contributed by atoms with Crippen molar-refractivity contribution in [3.8, 4) is 22.4 Å². The number of amides is 2. The number of halogens is 1. The molecule has 2 aromatic heterocycles. The molecule has 0 radical (unpaired) electrons. The molecule has 0 atom stereocenters. The predicted octanol–water partition coefficient (Wildman–Crippen LogP) is 5.33. The Kier molecular flexibility index (Phi) is 6.32. The zero-order valence-electron chi connectivity index (χ0n) is 18.1. The molecular weight excluding hydrogens is 468 g/mol. The molecule has 0 aliphatic rings. The van der Waals surface area contributed by atoms with Crippen molar-refractivity contribution < 1.29 is 4.79 Å². The molecule has 4 aromatic rings. The third kappa shape index (κ3) is 4.55. The Morgan fingerprint density at radius 1 is 1.03 bits per heavy atom. The van der Waals surface area contributed by atoms with Crippen molar-refractivity contribution in [3.63, 3.8) is 0 Å². The van der Waals surface area contributed by atoms with Crippen LogP contribution in [-0.4, -0.2) is 41.6 Å². The first-order valence-corrected chi connectivity index (χ1v) is 11.0. The van der Waals surface area contributed by atoms with Crippen LogP contribution in [0.4, 0.5) is 16.3 Å². The Hall–Kier alpha value is -3.52. The summed E-state index contributed by atoms with van der Waals surface area (Å²) in [5, 5.41) is 6.25. The first-order valence-electron chi connectivity index (χ1n) is 10.2. The van der Waals surface area contributed by atoms with Gasteiger partial charge in [0.15, 0.2) is 5.65 Å². The molecule has 0 fully saturated rings. The van der Waals surface area contributed by atoms with Gasteiger partial charge in [-0.05, 0) is 48.4 Å². The van der Waals surface area contributed by atoms with E-state index in [1.165, 1.54) is 6.33 Å². The van der Waals surface area contributed by atoms with Gasteiger partial charge in [0.25, 0.3) is 0 Å². The molecule has 0 aliphatic heterocycles. The van der Waals surface area contributed by atoms with E-state index in [1.54, 1.807) is 0 Å². The van der Waals surface area contributed by atoms with Gasteiger partial charge in [0, 0.05) is 36.4 Å². The number of carbonyl (C=O) groups is 1. The Morgan fingerprint density at radius 3 is 2.50 bits per heavy atom. The molecule has 0 unspecified atom stereocenters. The summed E-state index contributed by atoms with van der Waals surface area (Å²) >= 11 is 3.56. The highest BCUT2D eigenvalue weighted by Gasteiger charge is 2.16. The zero-order valence-corrected chi connectivity index (χ0v) is 19.6. The van der Waals surface area contributed by atoms with E-state index in [0.29, 0.717) is 23.4 Å². The van der Waals surface area contributed by atoms with Crippen LogP contribution in [0.2, 0.25) is 0 Å². The topological polar surface area (TPSA) is 83.0 Å². The highest BCUT2D eigenvalue weighted by atomic mass is 79.9. The normalized spacial score (nSPS) is 10.8. The van der Waals surface area contributed by atoms with Crippen LogP contribution in [0, 0.1) is 0 Å². The van der Waals surface area contributed by atoms with E-state index >= 15 is 0 Å². The molecule has 0 bridgehead atoms. The molecular formula is C24H23BrN6O. The standard InChI is InChI=1S/C24H23BrN6O/c1-4-26-24(32)30-23-21-19(16-6-5-7-17(25)12-16)13-20(29-22(21)27-14-28-23)15-8-10-18(11-9-15)31(2)3/h5-14H,4H2,1-3H3,(H2,26,27,28,29,30,32). The van der Waals surface area contributed by atoms with E-state index in [0.717, 1.165) is 32.5 Å². The first-order chi connectivity index (χ1) is 15.5. The smallest absolute Gasteiger partial charge is 0.320 e. The average molecular weight is 491 g/mol. The molecule has 4 rings (SSSR count). The Balaban J connectivity index is 1.92. The number of nitrogens with one attached hydrogen (secondary N) is 2. The summed E-state index contributed by atoms with van der Waals surface area (Å²) in [6, 6.07) is 17.9. The summed E-state index contributed by atoms with van der Waals surface area (Å²) in [6.45, 7) is 2.37. The molecule has 162 valence electrons. The lowest BCUT2D eigenvalue weighted by molar-refractivity contribution is 0.252. The quantitative estimate of drug-likeness (QED) is 0.395. The molecule has 2 heterocycles. The number of anilines is 2. The molecule has 2 amide bonds. The van der Waals surface area contributed by atoms with E-state index in [-0.39, 0.29) is 6.03 Å². The van der Waals surface area contributed by atoms with Crippen LogP contribution < -0.4 is 15.5 Å². The van der Waals surface area contributed by atoms with Crippen LogP contribution in [0.3, 0.4) is 0 Å². The molecule has 0 saturated heterocycles. The fourth-order valence-corrected chi connectivity index (χ4v) is 3.83. The molecule has 8 heteroatoms. The Bertz CT molecular complexity index is 1270. The van der Waals surface area contributed by atoms with Gasteiger partial charge in [-0.25, -0.2) is 19.7 Å². The minimum atomic E-state index is -0.323. The minimum absolute atomic E-state index is 0.323. The number of urea groups is 1. The Labute approximate surface area is 195 Å². The second-order valence-corrected chi connectivity index (χ2v) is 8.33. The van der Waals surface area contributed by atoms with E-state index < -0.39 is 0 Å². The van der Waals surface area contributed by atoms with E-state index in [2.05, 4.69) is 53.6 Å². The van der Waals surface area contributed by atoms with Crippen LogP contribution in [0.1, 0.15) is 6.92 Å². The highest BCUT2D eigenvalue weighted by molar-refractivity contribution is 9.10. The van der Waals surface area contributed by atoms with E-state index in [1.807, 2.05) is 63.5 Å². The van der Waals surface area contributed by atoms with Gasteiger partial charge in [-0.15, -0.1) is 0 Å². The van der Waals surface area contributed by atoms with Gasteiger partial charge < -0.3 is 10.2 Å². The molecule has 2 aromatic carbocycles. The average Bonchev–Trinajstić information content (AvgIpc) is 2.78. The Morgan fingerprint density at radius 2 is 1.81 bits per heavy atom. The number of rotatable bonds is 5. The van der Waals surface area contributed by atoms with Gasteiger partial charge >= 0.3 is 6.03 Å². The predicted molar refractivity (Wildman–Crippen MR) is 133 cm³/mol. The van der Waals surface area contributed by atoms with Crippen molar-refractivity contribution in [2.75, 3.05) is 30.9 Å². The summed E-state index contributed by atoms with van der Waals surface area (Å²) < 4.78 is 0.951. The maximum atomic E-state index is 12.2. The molecule has 0 spiro atoms. The van der Waals surface area contributed by atoms with Crippen LogP contribution >= 0.6 is 15.9 Å². The van der Waals surface area contributed by atoms with Crippen LogP contribution in [0.25, 0.3) is 33.4 Å². The monoisotopic (exact) mass is 490 g/mol. The number of aromatic nitrogens is 3. The summed E-state index contributed by atoms with van der Waals surface area (Å²) in [6.07, 6.45) is 1.42. The van der Waals surface area contributed by atoms with E-state index in [9.17, 15) is 4.79 Å². The van der Waals surface area contributed by atoms with Gasteiger partial charge in [0.05, 0.1) is 11.1 Å². The fourth-order valence-electron chi connectivity index (χ4n) is 3.43. The highest BCUT2D eigenvalue weighted by Crippen LogP contribution is 2.35. The van der Waals surface area contributed by atoms with Gasteiger partial charge in [0.2, 0.25) is 0 Å². The summed E-state index contributed by atoms with van der Waals surface area (Å²) in [4.78, 5) is 27.8. The summed E-state index contributed by atoms with van der Waals surface area (Å²) in [5.74, 6) is 0.415. The lowest BCUT2D eigenvalue weighted by atomic mass is 9.99. The second-order valence-electron chi connectivity index (χ2n) is 7.41. The SMILES string of the molecule is CCNC(=O)Nc1ncnc2nc(-c3ccc(N(C)C)cc3)cc(-c3cccc(Br)c3)c12. The van der Waals surface area contributed by atoms with E-state index in [4.69, 9.17) is 4.98 Å². The number of pyridine rings is 1. The van der Waals surface area contributed by atoms with Crippen molar-refractivity contribution in [3.05, 3.63) is 65.4 Å². The number of nitrogens with zero attached hydrogens (tertiary/aromatic N) is 4. The molecule has 0 aliphatic carbocycles. The minimum Gasteiger partial charge on any atom is -0.378 e. The van der Waals surface area contributed by atoms with Crippen LogP contribution in [-0.2, 0) is 0 Å². The molecule has 32 heavy (non-hydrogen) atoms. The number of hydrogen-bond donors (Lipinski definition) is 2. The second kappa shape index (κ2) is 9.32. The van der Waals surface area contributed by atoms with Gasteiger partial charge in [-0.1, -0.05) is 40.2 Å². The first kappa shape index (κ1) is 21.7. The molecule has 2 N–H and O–H groups in total. The summed E-state index contributed by atoms with van der Waals surface area (Å²) in [5.41, 5.74) is 5.24. The fraction of sp³-hybridized carbons (Fsp3) is 0.167. The maximum absolute atomic E-state index is 12.2. The lowest BCUT2D eigenvalue weighted by Crippen LogP contribution is -2.28.